The average Bonchev–Trinajstić information content (AvgIpc) is 3.44. The first-order valence-electron chi connectivity index (χ1n) is 10.6. The van der Waals surface area contributed by atoms with Gasteiger partial charge in [-0.1, -0.05) is 19.1 Å². The van der Waals surface area contributed by atoms with E-state index in [0.717, 1.165) is 50.0 Å². The fourth-order valence-electron chi connectivity index (χ4n) is 3.64. The van der Waals surface area contributed by atoms with Gasteiger partial charge in [0.05, 0.1) is 30.4 Å². The lowest BCUT2D eigenvalue weighted by atomic mass is 10.1. The highest BCUT2D eigenvalue weighted by Gasteiger charge is 2.24. The van der Waals surface area contributed by atoms with Crippen LogP contribution in [0.15, 0.2) is 34.6 Å². The molecule has 7 heteroatoms. The lowest BCUT2D eigenvalue weighted by Gasteiger charge is -2.29. The van der Waals surface area contributed by atoms with Crippen molar-refractivity contribution in [2.45, 2.75) is 45.7 Å². The van der Waals surface area contributed by atoms with Gasteiger partial charge in [-0.3, -0.25) is 4.90 Å². The molecule has 1 fully saturated rings. The molecule has 2 aromatic rings. The molecular weight excluding hydrogens is 382 g/mol. The molecule has 0 amide bonds. The topological polar surface area (TPSA) is 61.8 Å². The van der Waals surface area contributed by atoms with Crippen LogP contribution in [0.1, 0.15) is 49.0 Å². The van der Waals surface area contributed by atoms with Gasteiger partial charge < -0.3 is 15.4 Å². The Kier molecular flexibility index (Phi) is 8.31. The second-order valence-electron chi connectivity index (χ2n) is 7.20. The molecule has 0 saturated carbocycles. The second kappa shape index (κ2) is 11.2. The Bertz CT molecular complexity index is 785. The maximum absolute atomic E-state index is 5.45. The Balaban J connectivity index is 1.70. The number of ether oxygens (including phenoxy) is 1. The van der Waals surface area contributed by atoms with Crippen LogP contribution in [0.25, 0.3) is 0 Å². The van der Waals surface area contributed by atoms with Crippen LogP contribution in [-0.4, -0.2) is 49.1 Å². The van der Waals surface area contributed by atoms with E-state index in [-0.39, 0.29) is 0 Å². The quantitative estimate of drug-likeness (QED) is 0.484. The van der Waals surface area contributed by atoms with Gasteiger partial charge in [0.15, 0.2) is 5.96 Å². The maximum atomic E-state index is 5.45. The van der Waals surface area contributed by atoms with Crippen LogP contribution in [0.3, 0.4) is 0 Å². The van der Waals surface area contributed by atoms with Crippen molar-refractivity contribution in [3.63, 3.8) is 0 Å². The third-order valence-electron chi connectivity index (χ3n) is 5.17. The van der Waals surface area contributed by atoms with Crippen molar-refractivity contribution in [3.8, 4) is 5.75 Å². The standard InChI is InChI=1S/C22H33N5OS/c1-4-21-26-18(16-29-21)14-24-22(23-5-2)25-15-20(27-11-6-7-12-27)17-9-8-10-19(13-17)28-3/h8-10,13,16,20H,4-7,11-12,14-15H2,1-3H3,(H2,23,24,25). The van der Waals surface area contributed by atoms with Crippen molar-refractivity contribution >= 4 is 17.3 Å². The minimum Gasteiger partial charge on any atom is -0.497 e. The Morgan fingerprint density at radius 2 is 2.10 bits per heavy atom. The van der Waals surface area contributed by atoms with Crippen LogP contribution in [0.5, 0.6) is 5.75 Å². The maximum Gasteiger partial charge on any atom is 0.191 e. The van der Waals surface area contributed by atoms with E-state index >= 15 is 0 Å². The van der Waals surface area contributed by atoms with Crippen LogP contribution in [0.2, 0.25) is 0 Å². The molecule has 158 valence electrons. The summed E-state index contributed by atoms with van der Waals surface area (Å²) in [5.41, 5.74) is 2.31. The van der Waals surface area contributed by atoms with Crippen molar-refractivity contribution in [2.24, 2.45) is 4.99 Å². The van der Waals surface area contributed by atoms with Gasteiger partial charge in [-0.05, 0) is 57.0 Å². The Hall–Kier alpha value is -2.12. The van der Waals surface area contributed by atoms with E-state index in [1.807, 2.05) is 6.07 Å². The summed E-state index contributed by atoms with van der Waals surface area (Å²) in [4.78, 5) is 11.9. The van der Waals surface area contributed by atoms with E-state index < -0.39 is 0 Å². The molecule has 6 nitrogen and oxygen atoms in total. The number of guanidine groups is 1. The van der Waals surface area contributed by atoms with Gasteiger partial charge in [0.1, 0.15) is 5.75 Å². The molecule has 0 spiro atoms. The van der Waals surface area contributed by atoms with E-state index in [1.54, 1.807) is 18.4 Å². The predicted octanol–water partition coefficient (Wildman–Crippen LogP) is 3.61. The Morgan fingerprint density at radius 3 is 2.79 bits per heavy atom. The fraction of sp³-hybridized carbons (Fsp3) is 0.545. The van der Waals surface area contributed by atoms with Crippen LogP contribution >= 0.6 is 11.3 Å². The van der Waals surface area contributed by atoms with Crippen LogP contribution in [0, 0.1) is 0 Å². The first kappa shape index (κ1) is 21.6. The number of aryl methyl sites for hydroxylation is 1. The van der Waals surface area contributed by atoms with E-state index in [1.165, 1.54) is 23.4 Å². The van der Waals surface area contributed by atoms with Gasteiger partial charge in [-0.15, -0.1) is 11.3 Å². The highest BCUT2D eigenvalue weighted by atomic mass is 32.1. The van der Waals surface area contributed by atoms with E-state index in [0.29, 0.717) is 12.6 Å². The number of aromatic nitrogens is 1. The zero-order chi connectivity index (χ0) is 20.5. The number of thiazole rings is 1. The minimum absolute atomic E-state index is 0.294. The summed E-state index contributed by atoms with van der Waals surface area (Å²) in [5, 5.41) is 10.2. The number of methoxy groups -OCH3 is 1. The molecule has 1 atom stereocenters. The Morgan fingerprint density at radius 1 is 1.28 bits per heavy atom. The predicted molar refractivity (Wildman–Crippen MR) is 121 cm³/mol. The fourth-order valence-corrected chi connectivity index (χ4v) is 4.37. The van der Waals surface area contributed by atoms with E-state index in [4.69, 9.17) is 9.73 Å². The molecule has 0 aliphatic carbocycles. The van der Waals surface area contributed by atoms with Crippen molar-refractivity contribution in [1.82, 2.24) is 20.5 Å². The molecule has 0 bridgehead atoms. The second-order valence-corrected chi connectivity index (χ2v) is 8.14. The number of benzene rings is 1. The third kappa shape index (κ3) is 6.18. The molecule has 2 N–H and O–H groups in total. The molecule has 1 aromatic heterocycles. The smallest absolute Gasteiger partial charge is 0.191 e. The lowest BCUT2D eigenvalue weighted by Crippen LogP contribution is -2.42. The SMILES string of the molecule is CCNC(=NCc1csc(CC)n1)NCC(c1cccc(OC)c1)N1CCCC1. The molecule has 1 aliphatic rings. The van der Waals surface area contributed by atoms with Gasteiger partial charge in [0.25, 0.3) is 0 Å². The highest BCUT2D eigenvalue weighted by Crippen LogP contribution is 2.27. The molecule has 1 saturated heterocycles. The molecule has 3 rings (SSSR count). The number of hydrogen-bond donors (Lipinski definition) is 2. The van der Waals surface area contributed by atoms with Crippen molar-refractivity contribution in [3.05, 3.63) is 45.9 Å². The number of rotatable bonds is 9. The summed E-state index contributed by atoms with van der Waals surface area (Å²) in [5.74, 6) is 1.74. The van der Waals surface area contributed by atoms with Gasteiger partial charge in [-0.2, -0.15) is 0 Å². The van der Waals surface area contributed by atoms with Crippen LogP contribution in [0.4, 0.5) is 0 Å². The number of aliphatic imine (C=N–C) groups is 1. The monoisotopic (exact) mass is 415 g/mol. The number of nitrogens with one attached hydrogen (secondary N) is 2. The van der Waals surface area contributed by atoms with Gasteiger partial charge in [0, 0.05) is 18.5 Å². The van der Waals surface area contributed by atoms with E-state index in [9.17, 15) is 0 Å². The molecule has 29 heavy (non-hydrogen) atoms. The number of likely N-dealkylation sites (tertiary alicyclic amines) is 1. The number of nitrogens with zero attached hydrogens (tertiary/aromatic N) is 3. The van der Waals surface area contributed by atoms with Gasteiger partial charge in [-0.25, -0.2) is 9.98 Å². The zero-order valence-electron chi connectivity index (χ0n) is 17.8. The molecular formula is C22H33N5OS. The molecule has 1 aliphatic heterocycles. The average molecular weight is 416 g/mol. The molecule has 1 aromatic carbocycles. The molecule has 1 unspecified atom stereocenters. The van der Waals surface area contributed by atoms with Crippen molar-refractivity contribution in [2.75, 3.05) is 33.3 Å². The third-order valence-corrected chi connectivity index (χ3v) is 6.21. The normalized spacial score (nSPS) is 16.0. The largest absolute Gasteiger partial charge is 0.497 e. The van der Waals surface area contributed by atoms with Crippen molar-refractivity contribution in [1.29, 1.82) is 0 Å². The minimum atomic E-state index is 0.294. The lowest BCUT2D eigenvalue weighted by molar-refractivity contribution is 0.245. The van der Waals surface area contributed by atoms with E-state index in [2.05, 4.69) is 57.9 Å². The first-order chi connectivity index (χ1) is 14.2. The van der Waals surface area contributed by atoms with Gasteiger partial charge in [0.2, 0.25) is 0 Å². The van der Waals surface area contributed by atoms with Gasteiger partial charge >= 0.3 is 0 Å². The summed E-state index contributed by atoms with van der Waals surface area (Å²) < 4.78 is 5.45. The van der Waals surface area contributed by atoms with Crippen LogP contribution in [-0.2, 0) is 13.0 Å². The highest BCUT2D eigenvalue weighted by molar-refractivity contribution is 7.09. The molecule has 2 heterocycles. The molecule has 0 radical (unpaired) electrons. The summed E-state index contributed by atoms with van der Waals surface area (Å²) in [7, 11) is 1.72. The van der Waals surface area contributed by atoms with Crippen molar-refractivity contribution < 1.29 is 4.74 Å². The summed E-state index contributed by atoms with van der Waals surface area (Å²) in [6.45, 7) is 8.72. The van der Waals surface area contributed by atoms with Crippen LogP contribution < -0.4 is 15.4 Å². The summed E-state index contributed by atoms with van der Waals surface area (Å²) >= 11 is 1.71. The number of hydrogen-bond acceptors (Lipinski definition) is 5. The first-order valence-corrected chi connectivity index (χ1v) is 11.4. The summed E-state index contributed by atoms with van der Waals surface area (Å²) in [6.07, 6.45) is 3.50. The zero-order valence-corrected chi connectivity index (χ0v) is 18.6. The summed E-state index contributed by atoms with van der Waals surface area (Å²) in [6, 6.07) is 8.71. The Labute approximate surface area is 178 Å².